The van der Waals surface area contributed by atoms with Crippen LogP contribution in [0, 0.1) is 0 Å². The maximum Gasteiger partial charge on any atom is 0.410 e. The Morgan fingerprint density at radius 3 is 2.00 bits per heavy atom. The Hall–Kier alpha value is -5.63. The summed E-state index contributed by atoms with van der Waals surface area (Å²) in [5.41, 5.74) is 2.83. The molecule has 0 aliphatic heterocycles. The van der Waals surface area contributed by atoms with E-state index in [-0.39, 0.29) is 18.7 Å². The number of rotatable bonds is 17. The number of aliphatic hydroxyl groups excluding tert-OH is 1. The molecule has 0 radical (unpaired) electrons. The van der Waals surface area contributed by atoms with Gasteiger partial charge in [-0.2, -0.15) is 4.98 Å². The summed E-state index contributed by atoms with van der Waals surface area (Å²) in [6.45, 7) is 11.0. The number of carbonyl (C=O) groups excluding carboxylic acids is 1. The van der Waals surface area contributed by atoms with Gasteiger partial charge >= 0.3 is 12.1 Å². The van der Waals surface area contributed by atoms with Crippen molar-refractivity contribution in [2.24, 2.45) is 0 Å². The lowest BCUT2D eigenvalue weighted by Crippen LogP contribution is -2.36. The number of aliphatic hydroxyl groups is 1. The van der Waals surface area contributed by atoms with Crippen LogP contribution in [0.15, 0.2) is 73.1 Å². The average Bonchev–Trinajstić information content (AvgIpc) is 3.60. The van der Waals surface area contributed by atoms with Gasteiger partial charge in [-0.3, -0.25) is 0 Å². The van der Waals surface area contributed by atoms with E-state index in [1.807, 2.05) is 69.3 Å². The Morgan fingerprint density at radius 2 is 1.48 bits per heavy atom. The van der Waals surface area contributed by atoms with Crippen molar-refractivity contribution in [2.75, 3.05) is 39.3 Å². The second kappa shape index (κ2) is 17.9. The van der Waals surface area contributed by atoms with E-state index < -0.39 is 17.8 Å². The molecule has 0 spiro atoms. The first-order chi connectivity index (χ1) is 25.9. The largest absolute Gasteiger partial charge is 0.497 e. The third-order valence-corrected chi connectivity index (χ3v) is 8.64. The Balaban J connectivity index is 1.45. The van der Waals surface area contributed by atoms with Crippen LogP contribution in [0.3, 0.4) is 0 Å². The summed E-state index contributed by atoms with van der Waals surface area (Å²) in [6.07, 6.45) is 2.99. The van der Waals surface area contributed by atoms with E-state index in [0.717, 1.165) is 35.5 Å². The zero-order valence-corrected chi connectivity index (χ0v) is 32.4. The van der Waals surface area contributed by atoms with Crippen LogP contribution in [0.5, 0.6) is 23.4 Å². The number of ether oxygens (including phenoxy) is 5. The topological polar surface area (TPSA) is 146 Å². The minimum absolute atomic E-state index is 0.107. The van der Waals surface area contributed by atoms with Gasteiger partial charge in [-0.1, -0.05) is 38.1 Å². The zero-order chi connectivity index (χ0) is 38.8. The maximum absolute atomic E-state index is 12.3. The van der Waals surface area contributed by atoms with Gasteiger partial charge in [-0.25, -0.2) is 19.3 Å². The standard InChI is InChI=1S/C40H51N7O7/c1-9-30(10-2)53-38-43-37(46(25-27-11-16-31(50-7)17-12-27)26-28-13-18-32(51-8)19-14-28)36-42-24-33(47(36)44-38)35(48)29-15-20-34(41-23-29)52-22-21-45(6)39(49)54-40(3,4)5/h11-20,23-24,30,35,48H,9-10,21-22,25-26H2,1-8H3. The molecular formula is C40H51N7O7. The molecule has 1 atom stereocenters. The van der Waals surface area contributed by atoms with Crippen LogP contribution >= 0.6 is 0 Å². The monoisotopic (exact) mass is 741 g/mol. The molecule has 2 aromatic carbocycles. The van der Waals surface area contributed by atoms with Crippen LogP contribution in [-0.2, 0) is 17.8 Å². The quantitative estimate of drug-likeness (QED) is 0.109. The van der Waals surface area contributed by atoms with Crippen molar-refractivity contribution >= 4 is 17.6 Å². The van der Waals surface area contributed by atoms with Crippen LogP contribution in [-0.4, -0.2) is 86.8 Å². The van der Waals surface area contributed by atoms with Gasteiger partial charge in [0.2, 0.25) is 5.88 Å². The minimum atomic E-state index is -1.14. The van der Waals surface area contributed by atoms with Gasteiger partial charge in [0.25, 0.3) is 0 Å². The third-order valence-electron chi connectivity index (χ3n) is 8.64. The molecule has 0 aliphatic rings. The van der Waals surface area contributed by atoms with Crippen LogP contribution < -0.4 is 23.8 Å². The fourth-order valence-electron chi connectivity index (χ4n) is 5.55. The van der Waals surface area contributed by atoms with Crippen molar-refractivity contribution in [3.63, 3.8) is 0 Å². The number of pyridine rings is 1. The van der Waals surface area contributed by atoms with Gasteiger partial charge in [-0.15, -0.1) is 5.10 Å². The maximum atomic E-state index is 12.3. The van der Waals surface area contributed by atoms with Crippen LogP contribution in [0.1, 0.15) is 75.9 Å². The highest BCUT2D eigenvalue weighted by Gasteiger charge is 2.25. The highest BCUT2D eigenvalue weighted by atomic mass is 16.6. The van der Waals surface area contributed by atoms with E-state index in [4.69, 9.17) is 38.8 Å². The van der Waals surface area contributed by atoms with Crippen molar-refractivity contribution in [1.29, 1.82) is 0 Å². The molecule has 0 saturated heterocycles. The number of amides is 1. The van der Waals surface area contributed by atoms with E-state index >= 15 is 0 Å². The van der Waals surface area contributed by atoms with E-state index in [1.54, 1.807) is 50.3 Å². The molecule has 0 aliphatic carbocycles. The van der Waals surface area contributed by atoms with Gasteiger partial charge in [0.1, 0.15) is 35.9 Å². The number of likely N-dealkylation sites (N-methyl/N-ethyl adjacent to an activating group) is 1. The molecule has 54 heavy (non-hydrogen) atoms. The number of methoxy groups -OCH3 is 2. The third kappa shape index (κ3) is 10.3. The summed E-state index contributed by atoms with van der Waals surface area (Å²) < 4.78 is 29.9. The summed E-state index contributed by atoms with van der Waals surface area (Å²) in [7, 11) is 4.93. The molecule has 5 rings (SSSR count). The average molecular weight is 742 g/mol. The number of benzene rings is 2. The number of imidazole rings is 1. The number of fused-ring (bicyclic) bond motifs is 1. The molecule has 5 aromatic rings. The smallest absolute Gasteiger partial charge is 0.410 e. The molecular weight excluding hydrogens is 690 g/mol. The van der Waals surface area contributed by atoms with Crippen LogP contribution in [0.2, 0.25) is 0 Å². The first kappa shape index (κ1) is 39.6. The lowest BCUT2D eigenvalue weighted by molar-refractivity contribution is 0.0277. The van der Waals surface area contributed by atoms with Crippen LogP contribution in [0.4, 0.5) is 10.6 Å². The number of anilines is 1. The predicted octanol–water partition coefficient (Wildman–Crippen LogP) is 6.64. The number of carbonyl (C=O) groups is 1. The molecule has 288 valence electrons. The summed E-state index contributed by atoms with van der Waals surface area (Å²) >= 11 is 0. The predicted molar refractivity (Wildman–Crippen MR) is 204 cm³/mol. The van der Waals surface area contributed by atoms with Crippen molar-refractivity contribution in [3.05, 3.63) is 95.4 Å². The van der Waals surface area contributed by atoms with Gasteiger partial charge in [0.15, 0.2) is 11.5 Å². The Morgan fingerprint density at radius 1 is 0.870 bits per heavy atom. The van der Waals surface area contributed by atoms with E-state index in [0.29, 0.717) is 48.2 Å². The normalized spacial score (nSPS) is 12.0. The van der Waals surface area contributed by atoms with E-state index in [2.05, 4.69) is 23.7 Å². The molecule has 0 fully saturated rings. The van der Waals surface area contributed by atoms with Crippen LogP contribution in [0.25, 0.3) is 5.65 Å². The highest BCUT2D eigenvalue weighted by molar-refractivity contribution is 5.67. The van der Waals surface area contributed by atoms with Gasteiger partial charge < -0.3 is 38.6 Å². The fraction of sp³-hybridized carbons (Fsp3) is 0.425. The molecule has 3 aromatic heterocycles. The Kier molecular flexibility index (Phi) is 13.1. The van der Waals surface area contributed by atoms with E-state index in [9.17, 15) is 9.90 Å². The molecule has 3 heterocycles. The molecule has 0 saturated carbocycles. The molecule has 14 nitrogen and oxygen atoms in total. The summed E-state index contributed by atoms with van der Waals surface area (Å²) in [4.78, 5) is 29.9. The van der Waals surface area contributed by atoms with Crippen molar-refractivity contribution in [1.82, 2.24) is 29.5 Å². The molecule has 14 heteroatoms. The van der Waals surface area contributed by atoms with Gasteiger partial charge in [0.05, 0.1) is 32.7 Å². The number of hydrogen-bond donors (Lipinski definition) is 1. The lowest BCUT2D eigenvalue weighted by atomic mass is 10.1. The van der Waals surface area contributed by atoms with Crippen molar-refractivity contribution in [2.45, 2.75) is 78.4 Å². The number of hydrogen-bond acceptors (Lipinski definition) is 12. The molecule has 0 bridgehead atoms. The van der Waals surface area contributed by atoms with Gasteiger partial charge in [0, 0.05) is 38.0 Å². The zero-order valence-electron chi connectivity index (χ0n) is 32.4. The number of nitrogens with zero attached hydrogens (tertiary/aromatic N) is 7. The molecule has 1 N–H and O–H groups in total. The highest BCUT2D eigenvalue weighted by Crippen LogP contribution is 2.30. The molecule has 1 unspecified atom stereocenters. The SMILES string of the molecule is CCC(CC)Oc1nc(N(Cc2ccc(OC)cc2)Cc2ccc(OC)cc2)c2ncc(C(O)c3ccc(OCCN(C)C(=O)OC(C)(C)C)nc3)n2n1. The first-order valence-corrected chi connectivity index (χ1v) is 18.0. The number of aromatic nitrogens is 5. The second-order valence-electron chi connectivity index (χ2n) is 13.8. The molecule has 1 amide bonds. The first-order valence-electron chi connectivity index (χ1n) is 18.0. The second-order valence-corrected chi connectivity index (χ2v) is 13.8. The van der Waals surface area contributed by atoms with E-state index in [1.165, 1.54) is 4.90 Å². The van der Waals surface area contributed by atoms with Crippen molar-refractivity contribution < 1.29 is 33.6 Å². The fourth-order valence-corrected chi connectivity index (χ4v) is 5.55. The summed E-state index contributed by atoms with van der Waals surface area (Å²) in [5, 5.41) is 16.4. The summed E-state index contributed by atoms with van der Waals surface area (Å²) in [6, 6.07) is 19.3. The Labute approximate surface area is 316 Å². The summed E-state index contributed by atoms with van der Waals surface area (Å²) in [5.74, 6) is 2.41. The van der Waals surface area contributed by atoms with Gasteiger partial charge in [-0.05, 0) is 75.1 Å². The lowest BCUT2D eigenvalue weighted by Gasteiger charge is -2.25. The van der Waals surface area contributed by atoms with Crippen molar-refractivity contribution in [3.8, 4) is 23.4 Å². The minimum Gasteiger partial charge on any atom is -0.497 e. The Bertz CT molecular complexity index is 1890.